The first kappa shape index (κ1) is 51.9. The summed E-state index contributed by atoms with van der Waals surface area (Å²) in [6, 6.07) is -0.957. The fraction of sp³-hybridized carbons (Fsp3) is 0.650. The molecular formula is C40H69N13O8. The van der Waals surface area contributed by atoms with Crippen LogP contribution in [0, 0.1) is 11.8 Å². The zero-order valence-corrected chi connectivity index (χ0v) is 35.8. The van der Waals surface area contributed by atoms with Crippen molar-refractivity contribution in [3.8, 4) is 0 Å². The number of hydrogen-bond acceptors (Lipinski definition) is 13. The lowest BCUT2D eigenvalue weighted by Crippen LogP contribution is -2.61. The predicted molar refractivity (Wildman–Crippen MR) is 228 cm³/mol. The third-order valence-corrected chi connectivity index (χ3v) is 9.95. The molecule has 1 aromatic rings. The van der Waals surface area contributed by atoms with Gasteiger partial charge in [0.2, 0.25) is 47.3 Å². The van der Waals surface area contributed by atoms with E-state index in [1.807, 2.05) is 13.8 Å². The first-order valence-electron chi connectivity index (χ1n) is 21.0. The van der Waals surface area contributed by atoms with Crippen molar-refractivity contribution in [2.24, 2.45) is 40.5 Å². The smallest absolute Gasteiger partial charge is 0.243 e. The van der Waals surface area contributed by atoms with Gasteiger partial charge in [-0.3, -0.25) is 38.4 Å². The van der Waals surface area contributed by atoms with E-state index in [2.05, 4.69) is 42.5 Å². The van der Waals surface area contributed by atoms with Gasteiger partial charge in [0.25, 0.3) is 0 Å². The molecular weight excluding hydrogens is 791 g/mol. The van der Waals surface area contributed by atoms with Crippen LogP contribution >= 0.6 is 0 Å². The lowest BCUT2D eigenvalue weighted by molar-refractivity contribution is -0.136. The summed E-state index contributed by atoms with van der Waals surface area (Å²) in [6.07, 6.45) is -0.0995. The maximum atomic E-state index is 14.1. The molecule has 1 aliphatic rings. The van der Waals surface area contributed by atoms with Gasteiger partial charge in [0.1, 0.15) is 42.3 Å². The molecule has 1 saturated heterocycles. The minimum Gasteiger partial charge on any atom is -0.354 e. The Bertz CT molecular complexity index is 1620. The molecule has 342 valence electrons. The molecule has 61 heavy (non-hydrogen) atoms. The van der Waals surface area contributed by atoms with Crippen LogP contribution in [0.1, 0.15) is 71.8 Å². The van der Waals surface area contributed by atoms with E-state index in [1.165, 1.54) is 0 Å². The van der Waals surface area contributed by atoms with Crippen molar-refractivity contribution < 1.29 is 38.4 Å². The third kappa shape index (κ3) is 17.7. The van der Waals surface area contributed by atoms with E-state index < -0.39 is 102 Å². The largest absolute Gasteiger partial charge is 0.354 e. The first-order valence-corrected chi connectivity index (χ1v) is 21.0. The quantitative estimate of drug-likeness (QED) is 0.0793. The monoisotopic (exact) mass is 860 g/mol. The van der Waals surface area contributed by atoms with Gasteiger partial charge in [-0.15, -0.1) is 0 Å². The predicted octanol–water partition coefficient (Wildman–Crippen LogP) is -4.43. The summed E-state index contributed by atoms with van der Waals surface area (Å²) in [7, 11) is 0. The zero-order chi connectivity index (χ0) is 45.6. The van der Waals surface area contributed by atoms with Crippen LogP contribution in [-0.2, 0) is 44.8 Å². The maximum Gasteiger partial charge on any atom is 0.243 e. The minimum atomic E-state index is -1.33. The average Bonchev–Trinajstić information content (AvgIpc) is 3.20. The second-order valence-electron chi connectivity index (χ2n) is 15.9. The highest BCUT2D eigenvalue weighted by Crippen LogP contribution is 2.11. The third-order valence-electron chi connectivity index (χ3n) is 9.95. The molecule has 0 spiro atoms. The topological polar surface area (TPSA) is 363 Å². The van der Waals surface area contributed by atoms with Crippen molar-refractivity contribution in [2.75, 3.05) is 32.7 Å². The second-order valence-corrected chi connectivity index (χ2v) is 15.9. The van der Waals surface area contributed by atoms with Gasteiger partial charge < -0.3 is 71.2 Å². The lowest BCUT2D eigenvalue weighted by atomic mass is 10.00. The van der Waals surface area contributed by atoms with E-state index in [1.54, 1.807) is 44.2 Å². The van der Waals surface area contributed by atoms with Gasteiger partial charge >= 0.3 is 0 Å². The maximum absolute atomic E-state index is 14.1. The van der Waals surface area contributed by atoms with E-state index in [0.29, 0.717) is 5.56 Å². The van der Waals surface area contributed by atoms with Gasteiger partial charge in [-0.25, -0.2) is 0 Å². The van der Waals surface area contributed by atoms with Crippen molar-refractivity contribution in [1.82, 2.24) is 42.5 Å². The van der Waals surface area contributed by atoms with Crippen molar-refractivity contribution in [2.45, 2.75) is 121 Å². The number of hydrogen-bond donors (Lipinski definition) is 13. The van der Waals surface area contributed by atoms with Crippen LogP contribution in [0.15, 0.2) is 30.3 Å². The molecule has 1 heterocycles. The molecule has 8 atom stereocenters. The van der Waals surface area contributed by atoms with Crippen LogP contribution in [0.25, 0.3) is 0 Å². The van der Waals surface area contributed by atoms with Gasteiger partial charge in [-0.05, 0) is 82.1 Å². The van der Waals surface area contributed by atoms with Crippen LogP contribution < -0.4 is 71.2 Å². The van der Waals surface area contributed by atoms with E-state index in [-0.39, 0.29) is 83.6 Å². The van der Waals surface area contributed by atoms with Gasteiger partial charge in [0, 0.05) is 13.0 Å². The molecule has 1 aromatic carbocycles. The fourth-order valence-corrected chi connectivity index (χ4v) is 6.53. The highest BCUT2D eigenvalue weighted by molar-refractivity contribution is 5.98. The normalized spacial score (nSPS) is 25.0. The molecule has 0 aliphatic carbocycles. The molecule has 1 aliphatic heterocycles. The number of benzene rings is 1. The van der Waals surface area contributed by atoms with Crippen LogP contribution in [0.4, 0.5) is 0 Å². The van der Waals surface area contributed by atoms with Crippen molar-refractivity contribution in [3.63, 3.8) is 0 Å². The second kappa shape index (κ2) is 26.9. The summed E-state index contributed by atoms with van der Waals surface area (Å²) >= 11 is 0. The Kier molecular flexibility index (Phi) is 22.9. The Morgan fingerprint density at radius 1 is 0.623 bits per heavy atom. The van der Waals surface area contributed by atoms with Crippen molar-refractivity contribution in [1.29, 1.82) is 0 Å². The fourth-order valence-electron chi connectivity index (χ4n) is 6.53. The zero-order valence-electron chi connectivity index (χ0n) is 35.8. The number of nitrogens with two attached hydrogens (primary N) is 5. The lowest BCUT2D eigenvalue weighted by Gasteiger charge is -2.28. The molecule has 0 saturated carbocycles. The number of nitrogens with one attached hydrogen (secondary N) is 8. The highest BCUT2D eigenvalue weighted by atomic mass is 16.2. The highest BCUT2D eigenvalue weighted by Gasteiger charge is 2.35. The molecule has 0 radical (unpaired) electrons. The Morgan fingerprint density at radius 2 is 1.08 bits per heavy atom. The summed E-state index contributed by atoms with van der Waals surface area (Å²) in [5, 5.41) is 21.3. The van der Waals surface area contributed by atoms with E-state index >= 15 is 0 Å². The number of carbonyl (C=O) groups is 8. The van der Waals surface area contributed by atoms with E-state index in [0.717, 1.165) is 0 Å². The van der Waals surface area contributed by atoms with Crippen LogP contribution in [0.3, 0.4) is 0 Å². The molecule has 2 rings (SSSR count). The molecule has 1 fully saturated rings. The molecule has 0 unspecified atom stereocenters. The Labute approximate surface area is 357 Å². The SMILES string of the molecule is CC(C)C[C@@H]1NC(=O)[C@@H](Cc2ccccc2)NC(=O)[C@H](CCN)NC(=O)[C@@H](NC(=O)[C@H](N)CCN)CCNC(=O)[C@H](C(C)C)NC(=O)[C@H](CCN)NC(=O)[C@H](CCN)NC1=O. The van der Waals surface area contributed by atoms with Gasteiger partial charge in [-0.2, -0.15) is 0 Å². The number of amides is 8. The molecule has 18 N–H and O–H groups in total. The van der Waals surface area contributed by atoms with Crippen molar-refractivity contribution in [3.05, 3.63) is 35.9 Å². The summed E-state index contributed by atoms with van der Waals surface area (Å²) < 4.78 is 0. The van der Waals surface area contributed by atoms with E-state index in [9.17, 15) is 38.4 Å². The van der Waals surface area contributed by atoms with Gasteiger partial charge in [0.05, 0.1) is 6.04 Å². The Morgan fingerprint density at radius 3 is 1.57 bits per heavy atom. The first-order chi connectivity index (χ1) is 28.9. The molecule has 0 aromatic heterocycles. The molecule has 0 bridgehead atoms. The van der Waals surface area contributed by atoms with Crippen LogP contribution in [-0.4, -0.2) is 128 Å². The van der Waals surface area contributed by atoms with Gasteiger partial charge in [0.15, 0.2) is 0 Å². The number of carbonyl (C=O) groups excluding carboxylic acids is 8. The summed E-state index contributed by atoms with van der Waals surface area (Å²) in [5.41, 5.74) is 29.8. The summed E-state index contributed by atoms with van der Waals surface area (Å²) in [4.78, 5) is 110. The number of rotatable bonds is 15. The Hall–Kier alpha value is -5.22. The minimum absolute atomic E-state index is 0.0185. The average molecular weight is 860 g/mol. The van der Waals surface area contributed by atoms with Gasteiger partial charge in [-0.1, -0.05) is 58.0 Å². The summed E-state index contributed by atoms with van der Waals surface area (Å²) in [5.74, 6) is -6.44. The summed E-state index contributed by atoms with van der Waals surface area (Å²) in [6.45, 7) is 6.83. The molecule has 21 heteroatoms. The van der Waals surface area contributed by atoms with Crippen LogP contribution in [0.2, 0.25) is 0 Å². The van der Waals surface area contributed by atoms with E-state index in [4.69, 9.17) is 28.7 Å². The Balaban J connectivity index is 2.69. The standard InChI is InChI=1S/C40H69N13O8/c1-22(2)20-30-38(59)50-26(11-16-42)34(55)49-28(13-18-44)37(58)53-32(23(3)4)40(61)46-19-14-29(47-33(54)25(45)10-15-41)36(57)48-27(12-17-43)35(56)52-31(39(60)51-30)21-24-8-6-5-7-9-24/h5-9,22-23,25-32H,10-21,41-45H2,1-4H3,(H,46,61)(H,47,54)(H,48,57)(H,49,55)(H,50,59)(H,51,60)(H,52,56)(H,53,58)/t25-,26+,27+,28+,29+,30+,31-,32+/m1/s1. The molecule has 21 nitrogen and oxygen atoms in total. The van der Waals surface area contributed by atoms with Crippen LogP contribution in [0.5, 0.6) is 0 Å². The van der Waals surface area contributed by atoms with Crippen molar-refractivity contribution >= 4 is 47.3 Å². The molecule has 8 amide bonds.